The molecule has 0 aliphatic heterocycles. The molecule has 2 rings (SSSR count). The van der Waals surface area contributed by atoms with Crippen LogP contribution in [0.1, 0.15) is 18.3 Å². The molecule has 1 aromatic heterocycles. The van der Waals surface area contributed by atoms with Crippen LogP contribution >= 0.6 is 0 Å². The molecule has 2 N–H and O–H groups in total. The topological polar surface area (TPSA) is 121 Å². The minimum Gasteiger partial charge on any atom is -0.460 e. The number of ether oxygens (including phenoxy) is 1. The fourth-order valence-corrected chi connectivity index (χ4v) is 2.65. The van der Waals surface area contributed by atoms with Crippen molar-refractivity contribution in [3.63, 3.8) is 0 Å². The van der Waals surface area contributed by atoms with Gasteiger partial charge in [-0.1, -0.05) is 0 Å². The third-order valence-electron chi connectivity index (χ3n) is 3.33. The van der Waals surface area contributed by atoms with E-state index in [1.165, 1.54) is 19.1 Å². The van der Waals surface area contributed by atoms with Gasteiger partial charge in [0, 0.05) is 0 Å². The number of alkyl halides is 3. The number of sulfonamides is 1. The van der Waals surface area contributed by atoms with Gasteiger partial charge in [-0.25, -0.2) is 23.0 Å². The third kappa shape index (κ3) is 4.92. The standard InChI is InChI=1S/C15H14F3N3O5S/c1-2-26-14(23)12(22)7-10-8-13(15(16,17)18)20-21(10)9-3-5-11(6-4-9)27(19,24)25/h3-6,8H,2,7H2,1H3,(H2,19,24,25). The smallest absolute Gasteiger partial charge is 0.435 e. The lowest BCUT2D eigenvalue weighted by atomic mass is 10.2. The average Bonchev–Trinajstić information content (AvgIpc) is 2.98. The molecule has 0 spiro atoms. The zero-order valence-corrected chi connectivity index (χ0v) is 14.7. The largest absolute Gasteiger partial charge is 0.460 e. The van der Waals surface area contributed by atoms with Gasteiger partial charge in [0.05, 0.1) is 29.3 Å². The summed E-state index contributed by atoms with van der Waals surface area (Å²) in [7, 11) is -3.99. The second kappa shape index (κ2) is 7.48. The molecule has 0 saturated carbocycles. The summed E-state index contributed by atoms with van der Waals surface area (Å²) in [5.74, 6) is -2.23. The summed E-state index contributed by atoms with van der Waals surface area (Å²) < 4.78 is 66.8. The van der Waals surface area contributed by atoms with Crippen LogP contribution in [0.2, 0.25) is 0 Å². The maximum absolute atomic E-state index is 13.0. The highest BCUT2D eigenvalue weighted by molar-refractivity contribution is 7.89. The van der Waals surface area contributed by atoms with E-state index in [0.717, 1.165) is 16.8 Å². The minimum absolute atomic E-state index is 0.0459. The Bertz CT molecular complexity index is 966. The van der Waals surface area contributed by atoms with Crippen LogP contribution in [0.25, 0.3) is 5.69 Å². The monoisotopic (exact) mass is 405 g/mol. The van der Waals surface area contributed by atoms with E-state index in [2.05, 4.69) is 9.84 Å². The third-order valence-corrected chi connectivity index (χ3v) is 4.26. The number of aromatic nitrogens is 2. The molecule has 0 fully saturated rings. The molecule has 0 aliphatic rings. The van der Waals surface area contributed by atoms with Crippen molar-refractivity contribution in [3.8, 4) is 5.69 Å². The first-order chi connectivity index (χ1) is 12.4. The number of benzene rings is 1. The number of hydrogen-bond donors (Lipinski definition) is 1. The van der Waals surface area contributed by atoms with Gasteiger partial charge in [0.15, 0.2) is 5.69 Å². The molecule has 0 amide bonds. The highest BCUT2D eigenvalue weighted by atomic mass is 32.2. The fourth-order valence-electron chi connectivity index (χ4n) is 2.13. The van der Waals surface area contributed by atoms with Crippen LogP contribution in [-0.4, -0.2) is 36.6 Å². The molecule has 1 aromatic carbocycles. The summed E-state index contributed by atoms with van der Waals surface area (Å²) in [6.07, 6.45) is -5.47. The second-order valence-corrected chi connectivity index (χ2v) is 6.85. The Kier molecular flexibility index (Phi) is 5.70. The van der Waals surface area contributed by atoms with E-state index in [0.29, 0.717) is 6.07 Å². The molecule has 2 aromatic rings. The maximum Gasteiger partial charge on any atom is 0.435 e. The first-order valence-electron chi connectivity index (χ1n) is 7.42. The number of rotatable bonds is 6. The van der Waals surface area contributed by atoms with Crippen molar-refractivity contribution in [2.45, 2.75) is 24.4 Å². The first-order valence-corrected chi connectivity index (χ1v) is 8.97. The Balaban J connectivity index is 2.46. The van der Waals surface area contributed by atoms with Crippen molar-refractivity contribution >= 4 is 21.8 Å². The molecule has 0 atom stereocenters. The number of ketones is 1. The number of nitrogens with zero attached hydrogens (tertiary/aromatic N) is 2. The Morgan fingerprint density at radius 3 is 2.30 bits per heavy atom. The van der Waals surface area contributed by atoms with Crippen molar-refractivity contribution < 1.29 is 35.9 Å². The van der Waals surface area contributed by atoms with Gasteiger partial charge in [0.1, 0.15) is 0 Å². The summed E-state index contributed by atoms with van der Waals surface area (Å²) in [6.45, 7) is 1.41. The SMILES string of the molecule is CCOC(=O)C(=O)Cc1cc(C(F)(F)F)nn1-c1ccc(S(N)(=O)=O)cc1. The summed E-state index contributed by atoms with van der Waals surface area (Å²) in [5, 5.41) is 8.38. The van der Waals surface area contributed by atoms with Crippen LogP contribution in [0, 0.1) is 0 Å². The first kappa shape index (κ1) is 20.6. The lowest BCUT2D eigenvalue weighted by molar-refractivity contribution is -0.153. The van der Waals surface area contributed by atoms with E-state index in [4.69, 9.17) is 5.14 Å². The molecule has 0 saturated heterocycles. The molecular formula is C15H14F3N3O5S. The normalized spacial score (nSPS) is 12.0. The van der Waals surface area contributed by atoms with Crippen molar-refractivity contribution in [1.29, 1.82) is 0 Å². The van der Waals surface area contributed by atoms with Crippen molar-refractivity contribution in [3.05, 3.63) is 41.7 Å². The number of hydrogen-bond acceptors (Lipinski definition) is 6. The molecule has 146 valence electrons. The number of nitrogens with two attached hydrogens (primary N) is 1. The molecule has 0 aliphatic carbocycles. The van der Waals surface area contributed by atoms with Gasteiger partial charge in [0.2, 0.25) is 15.8 Å². The van der Waals surface area contributed by atoms with E-state index >= 15 is 0 Å². The van der Waals surface area contributed by atoms with Crippen LogP contribution in [0.5, 0.6) is 0 Å². The van der Waals surface area contributed by atoms with E-state index < -0.39 is 40.1 Å². The van der Waals surface area contributed by atoms with E-state index in [1.807, 2.05) is 0 Å². The highest BCUT2D eigenvalue weighted by Gasteiger charge is 2.35. The van der Waals surface area contributed by atoms with Crippen molar-refractivity contribution in [2.24, 2.45) is 5.14 Å². The highest BCUT2D eigenvalue weighted by Crippen LogP contribution is 2.30. The van der Waals surface area contributed by atoms with E-state index in [9.17, 15) is 31.2 Å². The van der Waals surface area contributed by atoms with Crippen LogP contribution < -0.4 is 5.14 Å². The molecule has 0 unspecified atom stereocenters. The Hall–Kier alpha value is -2.73. The van der Waals surface area contributed by atoms with Crippen LogP contribution in [0.3, 0.4) is 0 Å². The number of halogens is 3. The zero-order valence-electron chi connectivity index (χ0n) is 13.9. The minimum atomic E-state index is -4.78. The van der Waals surface area contributed by atoms with Crippen molar-refractivity contribution in [2.75, 3.05) is 6.61 Å². The number of Topliss-reactive ketones (excluding diaryl/α,β-unsaturated/α-hetero) is 1. The number of carbonyl (C=O) groups is 2. The fraction of sp³-hybridized carbons (Fsp3) is 0.267. The Labute approximate surface area is 151 Å². The quantitative estimate of drug-likeness (QED) is 0.570. The van der Waals surface area contributed by atoms with Gasteiger partial charge in [0.25, 0.3) is 0 Å². The summed E-state index contributed by atoms with van der Waals surface area (Å²) in [5.41, 5.74) is -1.45. The van der Waals surface area contributed by atoms with Crippen molar-refractivity contribution in [1.82, 2.24) is 9.78 Å². The molecule has 12 heteroatoms. The number of primary sulfonamides is 1. The molecule has 1 heterocycles. The lowest BCUT2D eigenvalue weighted by Crippen LogP contribution is -2.21. The van der Waals surface area contributed by atoms with Gasteiger partial charge in [-0.3, -0.25) is 4.79 Å². The van der Waals surface area contributed by atoms with E-state index in [1.54, 1.807) is 0 Å². The van der Waals surface area contributed by atoms with Crippen LogP contribution in [0.4, 0.5) is 13.2 Å². The summed E-state index contributed by atoms with van der Waals surface area (Å²) >= 11 is 0. The van der Waals surface area contributed by atoms with Crippen LogP contribution in [-0.2, 0) is 36.9 Å². The maximum atomic E-state index is 13.0. The van der Waals surface area contributed by atoms with Gasteiger partial charge in [-0.2, -0.15) is 18.3 Å². The summed E-state index contributed by atoms with van der Waals surface area (Å²) in [6, 6.07) is 5.13. The summed E-state index contributed by atoms with van der Waals surface area (Å²) in [4.78, 5) is 23.0. The molecule has 0 bridgehead atoms. The second-order valence-electron chi connectivity index (χ2n) is 5.29. The molecule has 0 radical (unpaired) electrons. The van der Waals surface area contributed by atoms with Gasteiger partial charge >= 0.3 is 12.1 Å². The van der Waals surface area contributed by atoms with Gasteiger partial charge in [-0.15, -0.1) is 0 Å². The number of carbonyl (C=O) groups excluding carboxylic acids is 2. The van der Waals surface area contributed by atoms with Crippen LogP contribution in [0.15, 0.2) is 35.2 Å². The predicted molar refractivity (Wildman–Crippen MR) is 85.3 cm³/mol. The molecule has 27 heavy (non-hydrogen) atoms. The molecular weight excluding hydrogens is 391 g/mol. The lowest BCUT2D eigenvalue weighted by Gasteiger charge is -2.08. The predicted octanol–water partition coefficient (Wildman–Crippen LogP) is 1.21. The van der Waals surface area contributed by atoms with Gasteiger partial charge in [-0.05, 0) is 37.3 Å². The van der Waals surface area contributed by atoms with E-state index in [-0.39, 0.29) is 22.9 Å². The number of esters is 1. The van der Waals surface area contributed by atoms with Gasteiger partial charge < -0.3 is 4.74 Å². The Morgan fingerprint density at radius 2 is 1.81 bits per heavy atom. The molecule has 8 nitrogen and oxygen atoms in total. The average molecular weight is 405 g/mol. The zero-order chi connectivity index (χ0) is 20.4. The Morgan fingerprint density at radius 1 is 1.22 bits per heavy atom.